The highest BCUT2D eigenvalue weighted by atomic mass is 35.5. The first-order valence-corrected chi connectivity index (χ1v) is 11.1. The Balaban J connectivity index is 1.62. The summed E-state index contributed by atoms with van der Waals surface area (Å²) in [7, 11) is 1.61. The highest BCUT2D eigenvalue weighted by Gasteiger charge is 2.26. The zero-order valence-electron chi connectivity index (χ0n) is 17.9. The number of aromatic nitrogens is 3. The Morgan fingerprint density at radius 3 is 2.70 bits per heavy atom. The molecule has 2 N–H and O–H groups in total. The number of hydrogen-bond donors (Lipinski definition) is 2. The smallest absolute Gasteiger partial charge is 0.223 e. The fourth-order valence-electron chi connectivity index (χ4n) is 3.48. The van der Waals surface area contributed by atoms with Gasteiger partial charge in [0, 0.05) is 30.1 Å². The molecule has 30 heavy (non-hydrogen) atoms. The number of methoxy groups -OCH3 is 1. The molecule has 2 aromatic rings. The van der Waals surface area contributed by atoms with E-state index >= 15 is 0 Å². The molecule has 1 amide bonds. The van der Waals surface area contributed by atoms with Crippen molar-refractivity contribution >= 4 is 29.7 Å². The van der Waals surface area contributed by atoms with Crippen LogP contribution in [-0.4, -0.2) is 51.8 Å². The Labute approximate surface area is 187 Å². The topological polar surface area (TPSA) is 75.2 Å². The normalized spacial score (nSPS) is 16.6. The van der Waals surface area contributed by atoms with Gasteiger partial charge in [0.15, 0.2) is 5.82 Å². The van der Waals surface area contributed by atoms with Crippen molar-refractivity contribution in [3.8, 4) is 17.1 Å². The van der Waals surface area contributed by atoms with Crippen LogP contribution in [0.4, 0.5) is 0 Å². The van der Waals surface area contributed by atoms with Gasteiger partial charge in [-0.1, -0.05) is 25.4 Å². The number of ether oxygens (including phenoxy) is 1. The van der Waals surface area contributed by atoms with E-state index in [-0.39, 0.29) is 17.9 Å². The van der Waals surface area contributed by atoms with E-state index < -0.39 is 0 Å². The van der Waals surface area contributed by atoms with Gasteiger partial charge in [0.25, 0.3) is 0 Å². The summed E-state index contributed by atoms with van der Waals surface area (Å²) in [4.78, 5) is 19.3. The summed E-state index contributed by atoms with van der Waals surface area (Å²) in [5.74, 6) is 1.98. The van der Waals surface area contributed by atoms with Gasteiger partial charge >= 0.3 is 0 Å². The maximum atomic E-state index is 12.5. The molecule has 1 aromatic heterocycles. The maximum Gasteiger partial charge on any atom is 0.223 e. The average Bonchev–Trinajstić information content (AvgIpc) is 3.08. The fraction of sp³-hybridized carbons (Fsp3) is 0.571. The van der Waals surface area contributed by atoms with E-state index in [4.69, 9.17) is 28.6 Å². The molecule has 1 saturated heterocycles. The Kier molecular flexibility index (Phi) is 7.55. The van der Waals surface area contributed by atoms with Crippen LogP contribution in [0.5, 0.6) is 5.75 Å². The molecule has 1 aliphatic rings. The molecule has 0 radical (unpaired) electrons. The molecule has 1 aromatic carbocycles. The van der Waals surface area contributed by atoms with Crippen LogP contribution < -0.4 is 10.1 Å². The van der Waals surface area contributed by atoms with Gasteiger partial charge in [0.2, 0.25) is 10.7 Å². The second-order valence-electron chi connectivity index (χ2n) is 8.20. The highest BCUT2D eigenvalue weighted by molar-refractivity contribution is 7.71. The number of nitrogens with one attached hydrogen (secondary N) is 2. The number of likely N-dealkylation sites (tertiary alicyclic amines) is 1. The summed E-state index contributed by atoms with van der Waals surface area (Å²) in [5, 5.41) is 7.01. The number of nitrogens with zero attached hydrogens (tertiary/aromatic N) is 3. The van der Waals surface area contributed by atoms with Crippen LogP contribution in [0.1, 0.15) is 33.6 Å². The van der Waals surface area contributed by atoms with Gasteiger partial charge in [-0.2, -0.15) is 4.98 Å². The van der Waals surface area contributed by atoms with Crippen molar-refractivity contribution in [3.63, 3.8) is 0 Å². The number of rotatable bonds is 7. The van der Waals surface area contributed by atoms with Crippen LogP contribution in [0, 0.1) is 16.6 Å². The summed E-state index contributed by atoms with van der Waals surface area (Å²) in [6.07, 6.45) is 1.68. The number of piperidine rings is 1. The number of amides is 1. The number of H-pyrrole nitrogens is 1. The fourth-order valence-corrected chi connectivity index (χ4v) is 3.85. The number of halogens is 1. The van der Waals surface area contributed by atoms with Crippen LogP contribution in [0.2, 0.25) is 5.02 Å². The van der Waals surface area contributed by atoms with Crippen LogP contribution in [0.15, 0.2) is 18.2 Å². The van der Waals surface area contributed by atoms with Crippen molar-refractivity contribution < 1.29 is 9.53 Å². The third-order valence-corrected chi connectivity index (χ3v) is 6.31. The van der Waals surface area contributed by atoms with Crippen LogP contribution >= 0.6 is 23.8 Å². The number of carbonyl (C=O) groups excluding carboxylic acids is 1. The molecule has 1 atom stereocenters. The van der Waals surface area contributed by atoms with Crippen LogP contribution in [0.3, 0.4) is 0 Å². The number of carbonyl (C=O) groups is 1. The predicted octanol–water partition coefficient (Wildman–Crippen LogP) is 4.10. The molecule has 0 bridgehead atoms. The molecule has 164 valence electrons. The lowest BCUT2D eigenvalue weighted by Gasteiger charge is -2.32. The minimum absolute atomic E-state index is 0.0727. The molecule has 3 rings (SSSR count). The summed E-state index contributed by atoms with van der Waals surface area (Å²) < 4.78 is 7.73. The third-order valence-electron chi connectivity index (χ3n) is 5.77. The molecular formula is C21H30ClN5O2S. The van der Waals surface area contributed by atoms with Gasteiger partial charge < -0.3 is 10.1 Å². The highest BCUT2D eigenvalue weighted by Crippen LogP contribution is 2.30. The van der Waals surface area contributed by atoms with E-state index in [0.29, 0.717) is 34.0 Å². The molecule has 1 fully saturated rings. The number of aromatic amines is 1. The maximum absolute atomic E-state index is 12.5. The quantitative estimate of drug-likeness (QED) is 0.620. The Hall–Kier alpha value is -1.90. The van der Waals surface area contributed by atoms with Crippen molar-refractivity contribution in [1.29, 1.82) is 0 Å². The second-order valence-corrected chi connectivity index (χ2v) is 9.00. The lowest BCUT2D eigenvalue weighted by molar-refractivity contribution is -0.127. The van der Waals surface area contributed by atoms with E-state index in [1.54, 1.807) is 19.2 Å². The molecule has 9 heteroatoms. The summed E-state index contributed by atoms with van der Waals surface area (Å²) >= 11 is 11.6. The first kappa shape index (κ1) is 22.8. The molecular weight excluding hydrogens is 422 g/mol. The zero-order valence-corrected chi connectivity index (χ0v) is 19.5. The summed E-state index contributed by atoms with van der Waals surface area (Å²) in [5.41, 5.74) is 0.768. The standard InChI is InChI=1S/C21H30ClN5O2S/c1-13(2)14(3)23-20(28)15-7-9-26(10-8-15)12-27-21(30)24-19(25-27)17-11-16(22)5-6-18(17)29-4/h5-6,11,13-15H,7-10,12H2,1-4H3,(H,23,28)(H,24,25,30). The zero-order chi connectivity index (χ0) is 21.8. The van der Waals surface area contributed by atoms with Crippen molar-refractivity contribution in [2.45, 2.75) is 46.3 Å². The van der Waals surface area contributed by atoms with E-state index in [2.05, 4.69) is 41.1 Å². The van der Waals surface area contributed by atoms with Crippen molar-refractivity contribution in [1.82, 2.24) is 25.0 Å². The van der Waals surface area contributed by atoms with Crippen molar-refractivity contribution in [3.05, 3.63) is 28.0 Å². The number of benzene rings is 1. The third kappa shape index (κ3) is 5.42. The van der Waals surface area contributed by atoms with Crippen LogP contribution in [0.25, 0.3) is 11.4 Å². The Morgan fingerprint density at radius 1 is 1.37 bits per heavy atom. The first-order valence-electron chi connectivity index (χ1n) is 10.3. The monoisotopic (exact) mass is 451 g/mol. The summed E-state index contributed by atoms with van der Waals surface area (Å²) in [6, 6.07) is 5.59. The molecule has 1 aliphatic heterocycles. The lowest BCUT2D eigenvalue weighted by Crippen LogP contribution is -2.44. The largest absolute Gasteiger partial charge is 0.496 e. The Morgan fingerprint density at radius 2 is 2.07 bits per heavy atom. The van der Waals surface area contributed by atoms with Gasteiger partial charge in [-0.15, -0.1) is 0 Å². The molecule has 0 saturated carbocycles. The van der Waals surface area contributed by atoms with E-state index in [1.807, 2.05) is 10.7 Å². The summed E-state index contributed by atoms with van der Waals surface area (Å²) in [6.45, 7) is 8.58. The lowest BCUT2D eigenvalue weighted by atomic mass is 9.95. The van der Waals surface area contributed by atoms with Gasteiger partial charge in [0.05, 0.1) is 19.3 Å². The Bertz CT molecular complexity index is 934. The molecule has 1 unspecified atom stereocenters. The second kappa shape index (κ2) is 9.94. The SMILES string of the molecule is COc1ccc(Cl)cc1-c1nc(=S)n(CN2CCC(C(=O)NC(C)C(C)C)CC2)[nH]1. The molecule has 0 aliphatic carbocycles. The number of hydrogen-bond acceptors (Lipinski definition) is 5. The molecule has 7 nitrogen and oxygen atoms in total. The van der Waals surface area contributed by atoms with Crippen LogP contribution in [-0.2, 0) is 11.5 Å². The molecule has 2 heterocycles. The van der Waals surface area contributed by atoms with Crippen molar-refractivity contribution in [2.24, 2.45) is 11.8 Å². The van der Waals surface area contributed by atoms with Gasteiger partial charge in [-0.25, -0.2) is 4.68 Å². The molecule has 0 spiro atoms. The average molecular weight is 452 g/mol. The van der Waals surface area contributed by atoms with Gasteiger partial charge in [-0.3, -0.25) is 14.8 Å². The minimum Gasteiger partial charge on any atom is -0.496 e. The predicted molar refractivity (Wildman–Crippen MR) is 121 cm³/mol. The minimum atomic E-state index is 0.0727. The van der Waals surface area contributed by atoms with E-state index in [9.17, 15) is 4.79 Å². The first-order chi connectivity index (χ1) is 14.3. The van der Waals surface area contributed by atoms with E-state index in [1.165, 1.54) is 0 Å². The van der Waals surface area contributed by atoms with Gasteiger partial charge in [0.1, 0.15) is 5.75 Å². The van der Waals surface area contributed by atoms with Gasteiger partial charge in [-0.05, 0) is 56.1 Å². The van der Waals surface area contributed by atoms with Crippen molar-refractivity contribution in [2.75, 3.05) is 20.2 Å². The van der Waals surface area contributed by atoms with E-state index in [0.717, 1.165) is 31.5 Å².